The van der Waals surface area contributed by atoms with Crippen LogP contribution in [0.3, 0.4) is 0 Å². The zero-order valence-electron chi connectivity index (χ0n) is 17.2. The molecule has 0 bridgehead atoms. The van der Waals surface area contributed by atoms with Crippen LogP contribution in [0.15, 0.2) is 70.1 Å². The predicted molar refractivity (Wildman–Crippen MR) is 120 cm³/mol. The zero-order valence-corrected chi connectivity index (χ0v) is 18.0. The quantitative estimate of drug-likeness (QED) is 0.527. The fraction of sp³-hybridized carbons (Fsp3) is 0.333. The molecule has 0 saturated carbocycles. The first-order valence-electron chi connectivity index (χ1n) is 10.4. The molecule has 0 radical (unpaired) electrons. The van der Waals surface area contributed by atoms with E-state index < -0.39 is 0 Å². The Morgan fingerprint density at radius 1 is 1.13 bits per heavy atom. The Hall–Kier alpha value is -2.57. The third-order valence-electron chi connectivity index (χ3n) is 5.40. The molecular weight excluding hydrogens is 394 g/mol. The Balaban J connectivity index is 1.43. The molecular formula is C24H27N3O2S. The second-order valence-corrected chi connectivity index (χ2v) is 8.62. The molecule has 6 heteroatoms. The number of carbonyl (C=O) groups is 1. The van der Waals surface area contributed by atoms with Gasteiger partial charge >= 0.3 is 0 Å². The highest BCUT2D eigenvalue weighted by Gasteiger charge is 2.24. The van der Waals surface area contributed by atoms with Crippen LogP contribution in [0.5, 0.6) is 0 Å². The summed E-state index contributed by atoms with van der Waals surface area (Å²) >= 11 is 1.59. The molecule has 0 aliphatic carbocycles. The minimum Gasteiger partial charge on any atom is -0.360 e. The lowest BCUT2D eigenvalue weighted by molar-refractivity contribution is 0.0935. The summed E-state index contributed by atoms with van der Waals surface area (Å²) < 4.78 is 5.29. The zero-order chi connectivity index (χ0) is 20.8. The predicted octanol–water partition coefficient (Wildman–Crippen LogP) is 4.84. The highest BCUT2D eigenvalue weighted by molar-refractivity contribution is 7.98. The van der Waals surface area contributed by atoms with E-state index in [1.54, 1.807) is 11.8 Å². The van der Waals surface area contributed by atoms with E-state index >= 15 is 0 Å². The third kappa shape index (κ3) is 5.12. The van der Waals surface area contributed by atoms with E-state index in [1.807, 2.05) is 43.3 Å². The van der Waals surface area contributed by atoms with Crippen molar-refractivity contribution >= 4 is 17.7 Å². The van der Waals surface area contributed by atoms with Gasteiger partial charge in [-0.05, 0) is 50.6 Å². The maximum Gasteiger partial charge on any atom is 0.252 e. The first kappa shape index (κ1) is 20.7. The van der Waals surface area contributed by atoms with Gasteiger partial charge in [-0.2, -0.15) is 0 Å². The minimum absolute atomic E-state index is 0.0352. The van der Waals surface area contributed by atoms with Gasteiger partial charge in [0.05, 0.1) is 23.1 Å². The summed E-state index contributed by atoms with van der Waals surface area (Å²) in [6, 6.07) is 20.3. The smallest absolute Gasteiger partial charge is 0.252 e. The first-order chi connectivity index (χ1) is 14.7. The van der Waals surface area contributed by atoms with Crippen molar-refractivity contribution < 1.29 is 9.32 Å². The molecule has 3 aromatic rings. The van der Waals surface area contributed by atoms with Crippen LogP contribution in [0.4, 0.5) is 0 Å². The standard InChI is InChI=1S/C24H27N3O2S/c1-18-15-20(29-26-18)17-30-23-12-6-5-11-21(23)24(28)25-16-22(27-13-7-8-14-27)19-9-3-2-4-10-19/h2-6,9-12,15,22H,7-8,13-14,16-17H2,1H3,(H,25,28). The van der Waals surface area contributed by atoms with Crippen molar-refractivity contribution in [3.63, 3.8) is 0 Å². The van der Waals surface area contributed by atoms with Gasteiger partial charge in [0.15, 0.2) is 0 Å². The largest absolute Gasteiger partial charge is 0.360 e. The Labute approximate surface area is 181 Å². The number of hydrogen-bond donors (Lipinski definition) is 1. The van der Waals surface area contributed by atoms with Gasteiger partial charge in [-0.15, -0.1) is 11.8 Å². The van der Waals surface area contributed by atoms with E-state index in [1.165, 1.54) is 18.4 Å². The fourth-order valence-electron chi connectivity index (χ4n) is 3.88. The molecule has 1 fully saturated rings. The summed E-state index contributed by atoms with van der Waals surface area (Å²) in [6.07, 6.45) is 2.44. The number of likely N-dealkylation sites (tertiary alicyclic amines) is 1. The summed E-state index contributed by atoms with van der Waals surface area (Å²) in [4.78, 5) is 16.5. The number of amides is 1. The molecule has 1 saturated heterocycles. The van der Waals surface area contributed by atoms with E-state index in [-0.39, 0.29) is 11.9 Å². The number of nitrogens with zero attached hydrogens (tertiary/aromatic N) is 2. The van der Waals surface area contributed by atoms with Crippen LogP contribution in [0.2, 0.25) is 0 Å². The molecule has 1 aliphatic heterocycles. The Bertz CT molecular complexity index is 967. The lowest BCUT2D eigenvalue weighted by Gasteiger charge is -2.28. The van der Waals surface area contributed by atoms with Crippen molar-refractivity contribution in [2.45, 2.75) is 36.5 Å². The summed E-state index contributed by atoms with van der Waals surface area (Å²) in [5, 5.41) is 7.12. The minimum atomic E-state index is -0.0352. The lowest BCUT2D eigenvalue weighted by atomic mass is 10.1. The summed E-state index contributed by atoms with van der Waals surface area (Å²) in [5.74, 6) is 1.42. The number of aryl methyl sites for hydroxylation is 1. The second-order valence-electron chi connectivity index (χ2n) is 7.60. The number of rotatable bonds is 8. The van der Waals surface area contributed by atoms with Gasteiger partial charge in [0, 0.05) is 17.5 Å². The number of aromatic nitrogens is 1. The van der Waals surface area contributed by atoms with Crippen LogP contribution < -0.4 is 5.32 Å². The normalized spacial score (nSPS) is 15.2. The van der Waals surface area contributed by atoms with Crippen LogP contribution in [-0.4, -0.2) is 35.6 Å². The summed E-state index contributed by atoms with van der Waals surface area (Å²) in [6.45, 7) is 4.67. The Morgan fingerprint density at radius 3 is 2.60 bits per heavy atom. The van der Waals surface area contributed by atoms with Gasteiger partial charge in [0.25, 0.3) is 5.91 Å². The maximum atomic E-state index is 13.1. The van der Waals surface area contributed by atoms with Crippen LogP contribution in [0.25, 0.3) is 0 Å². The molecule has 1 aliphatic rings. The lowest BCUT2D eigenvalue weighted by Crippen LogP contribution is -2.37. The van der Waals surface area contributed by atoms with Crippen molar-refractivity contribution in [1.82, 2.24) is 15.4 Å². The van der Waals surface area contributed by atoms with Gasteiger partial charge in [0.1, 0.15) is 5.76 Å². The van der Waals surface area contributed by atoms with E-state index in [0.717, 1.165) is 29.4 Å². The fourth-order valence-corrected chi connectivity index (χ4v) is 4.81. The molecule has 1 unspecified atom stereocenters. The van der Waals surface area contributed by atoms with Crippen molar-refractivity contribution in [3.8, 4) is 0 Å². The molecule has 1 amide bonds. The molecule has 0 spiro atoms. The van der Waals surface area contributed by atoms with E-state index in [9.17, 15) is 4.79 Å². The van der Waals surface area contributed by atoms with Crippen molar-refractivity contribution in [2.24, 2.45) is 0 Å². The van der Waals surface area contributed by atoms with Gasteiger partial charge in [-0.25, -0.2) is 0 Å². The summed E-state index contributed by atoms with van der Waals surface area (Å²) in [5.41, 5.74) is 2.82. The molecule has 4 rings (SSSR count). The van der Waals surface area contributed by atoms with Crippen LogP contribution in [0, 0.1) is 6.92 Å². The second kappa shape index (κ2) is 9.96. The molecule has 156 valence electrons. The van der Waals surface area contributed by atoms with E-state index in [4.69, 9.17) is 4.52 Å². The highest BCUT2D eigenvalue weighted by Crippen LogP contribution is 2.28. The van der Waals surface area contributed by atoms with Crippen LogP contribution in [0.1, 0.15) is 46.3 Å². The van der Waals surface area contributed by atoms with E-state index in [0.29, 0.717) is 17.9 Å². The van der Waals surface area contributed by atoms with E-state index in [2.05, 4.69) is 39.6 Å². The highest BCUT2D eigenvalue weighted by atomic mass is 32.2. The SMILES string of the molecule is Cc1cc(CSc2ccccc2C(=O)NCC(c2ccccc2)N2CCCC2)on1. The monoisotopic (exact) mass is 421 g/mol. The average Bonchev–Trinajstić information content (AvgIpc) is 3.45. The first-order valence-corrected chi connectivity index (χ1v) is 11.4. The molecule has 30 heavy (non-hydrogen) atoms. The van der Waals surface area contributed by atoms with Crippen molar-refractivity contribution in [3.05, 3.63) is 83.2 Å². The number of hydrogen-bond acceptors (Lipinski definition) is 5. The molecule has 1 aromatic heterocycles. The molecule has 2 aromatic carbocycles. The average molecular weight is 422 g/mol. The van der Waals surface area contributed by atoms with Gasteiger partial charge in [-0.3, -0.25) is 9.69 Å². The Kier molecular flexibility index (Phi) is 6.87. The summed E-state index contributed by atoms with van der Waals surface area (Å²) in [7, 11) is 0. The molecule has 1 atom stereocenters. The molecule has 2 heterocycles. The number of thioether (sulfide) groups is 1. The molecule has 5 nitrogen and oxygen atoms in total. The van der Waals surface area contributed by atoms with Crippen molar-refractivity contribution in [1.29, 1.82) is 0 Å². The van der Waals surface area contributed by atoms with Crippen LogP contribution >= 0.6 is 11.8 Å². The number of nitrogens with one attached hydrogen (secondary N) is 1. The Morgan fingerprint density at radius 2 is 1.87 bits per heavy atom. The third-order valence-corrected chi connectivity index (χ3v) is 6.50. The number of carbonyl (C=O) groups excluding carboxylic acids is 1. The van der Waals surface area contributed by atoms with Crippen LogP contribution in [-0.2, 0) is 5.75 Å². The maximum absolute atomic E-state index is 13.1. The van der Waals surface area contributed by atoms with Crippen molar-refractivity contribution in [2.75, 3.05) is 19.6 Å². The number of benzene rings is 2. The molecule has 1 N–H and O–H groups in total. The van der Waals surface area contributed by atoms with Gasteiger partial charge in [-0.1, -0.05) is 47.6 Å². The van der Waals surface area contributed by atoms with Gasteiger partial charge < -0.3 is 9.84 Å². The topological polar surface area (TPSA) is 58.4 Å². The van der Waals surface area contributed by atoms with Gasteiger partial charge in [0.2, 0.25) is 0 Å².